The molecule has 2 nitrogen and oxygen atoms in total. The summed E-state index contributed by atoms with van der Waals surface area (Å²) in [6, 6.07) is 0. The van der Waals surface area contributed by atoms with Crippen LogP contribution in [0.25, 0.3) is 0 Å². The van der Waals surface area contributed by atoms with Gasteiger partial charge in [0.25, 0.3) is 0 Å². The highest BCUT2D eigenvalue weighted by Gasteiger charge is 3.17. The first-order chi connectivity index (χ1) is 5.80. The zero-order chi connectivity index (χ0) is 7.62. The Morgan fingerprint density at radius 1 is 0.750 bits per heavy atom. The van der Waals surface area contributed by atoms with E-state index in [-0.39, 0.29) is 12.2 Å². The molecule has 2 spiro atoms. The van der Waals surface area contributed by atoms with E-state index in [1.807, 2.05) is 0 Å². The van der Waals surface area contributed by atoms with Crippen LogP contribution in [-0.4, -0.2) is 22.4 Å². The number of hydrogen-bond acceptors (Lipinski definition) is 2. The van der Waals surface area contributed by atoms with Gasteiger partial charge in [0, 0.05) is 10.8 Å². The van der Waals surface area contributed by atoms with E-state index < -0.39 is 0 Å². The first-order valence-electron chi connectivity index (χ1n) is 5.17. The summed E-state index contributed by atoms with van der Waals surface area (Å²) in [6.45, 7) is 0. The summed E-state index contributed by atoms with van der Waals surface area (Å²) in [7, 11) is 0. The van der Waals surface area contributed by atoms with Crippen molar-refractivity contribution in [2.24, 2.45) is 46.3 Å². The summed E-state index contributed by atoms with van der Waals surface area (Å²) in [4.78, 5) is 0. The molecule has 12 heavy (non-hydrogen) atoms. The maximum atomic E-state index is 9.95. The molecule has 2 bridgehead atoms. The molecule has 0 unspecified atom stereocenters. The highest BCUT2D eigenvalue weighted by molar-refractivity contribution is 5.63. The number of aliphatic hydroxyl groups excluding tert-OH is 2. The van der Waals surface area contributed by atoms with Crippen LogP contribution in [0.1, 0.15) is 0 Å². The lowest BCUT2D eigenvalue weighted by Gasteiger charge is -2.82. The van der Waals surface area contributed by atoms with Crippen LogP contribution >= 0.6 is 0 Å². The van der Waals surface area contributed by atoms with Crippen molar-refractivity contribution in [3.05, 3.63) is 0 Å². The predicted octanol–water partition coefficient (Wildman–Crippen LogP) is -0.540. The van der Waals surface area contributed by atoms with Gasteiger partial charge in [-0.15, -0.1) is 0 Å². The van der Waals surface area contributed by atoms with Crippen molar-refractivity contribution >= 4 is 0 Å². The lowest BCUT2D eigenvalue weighted by Crippen LogP contribution is -2.81. The molecule has 7 saturated carbocycles. The summed E-state index contributed by atoms with van der Waals surface area (Å²) < 4.78 is 0. The van der Waals surface area contributed by atoms with Crippen LogP contribution in [0.5, 0.6) is 0 Å². The van der Waals surface area contributed by atoms with Crippen molar-refractivity contribution in [3.63, 3.8) is 0 Å². The highest BCUT2D eigenvalue weighted by atomic mass is 16.3. The van der Waals surface area contributed by atoms with E-state index in [9.17, 15) is 10.2 Å². The van der Waals surface area contributed by atoms with Crippen LogP contribution in [-0.2, 0) is 0 Å². The average Bonchev–Trinajstić information content (AvgIpc) is 2.45. The van der Waals surface area contributed by atoms with E-state index >= 15 is 0 Å². The van der Waals surface area contributed by atoms with E-state index in [0.717, 1.165) is 23.7 Å². The minimum absolute atomic E-state index is 0.00553. The Bertz CT molecular complexity index is 372. The van der Waals surface area contributed by atoms with Gasteiger partial charge in [-0.3, -0.25) is 0 Å². The molecule has 7 aliphatic rings. The topological polar surface area (TPSA) is 40.5 Å². The second kappa shape index (κ2) is 0.833. The first-order valence-corrected chi connectivity index (χ1v) is 5.17. The quantitative estimate of drug-likeness (QED) is 0.502. The molecule has 62 valence electrons. The Kier molecular flexibility index (Phi) is 0.345. The lowest BCUT2D eigenvalue weighted by molar-refractivity contribution is -0.380. The summed E-state index contributed by atoms with van der Waals surface area (Å²) >= 11 is 0. The van der Waals surface area contributed by atoms with Gasteiger partial charge in [0.15, 0.2) is 0 Å². The van der Waals surface area contributed by atoms with Gasteiger partial charge in [0.1, 0.15) is 0 Å². The first kappa shape index (κ1) is 4.97. The van der Waals surface area contributed by atoms with E-state index in [0.29, 0.717) is 22.7 Å². The maximum absolute atomic E-state index is 9.95. The van der Waals surface area contributed by atoms with Gasteiger partial charge in [0.05, 0.1) is 12.2 Å². The fraction of sp³-hybridized carbons (Fsp3) is 1.00. The second-order valence-corrected chi connectivity index (χ2v) is 6.02. The van der Waals surface area contributed by atoms with E-state index in [1.165, 1.54) is 0 Å². The van der Waals surface area contributed by atoms with Gasteiger partial charge in [-0.2, -0.15) is 0 Å². The molecule has 7 rings (SSSR count). The van der Waals surface area contributed by atoms with Crippen LogP contribution < -0.4 is 0 Å². The van der Waals surface area contributed by atoms with Crippen LogP contribution in [0.3, 0.4) is 0 Å². The molecule has 0 saturated heterocycles. The molecule has 7 aliphatic carbocycles. The zero-order valence-electron chi connectivity index (χ0n) is 6.51. The molecule has 2 heteroatoms. The summed E-state index contributed by atoms with van der Waals surface area (Å²) in [5.74, 6) is 4.51. The molecule has 0 aromatic heterocycles. The molecule has 2 N–H and O–H groups in total. The number of rotatable bonds is 0. The minimum Gasteiger partial charge on any atom is -0.392 e. The molecule has 0 heterocycles. The molecule has 0 amide bonds. The Hall–Kier alpha value is -0.0800. The van der Waals surface area contributed by atoms with Crippen LogP contribution in [0.15, 0.2) is 0 Å². The van der Waals surface area contributed by atoms with Gasteiger partial charge in [-0.05, 0) is 35.5 Å². The third-order valence-corrected chi connectivity index (χ3v) is 7.00. The minimum atomic E-state index is -0.00553. The van der Waals surface area contributed by atoms with Crippen molar-refractivity contribution < 1.29 is 10.2 Å². The second-order valence-electron chi connectivity index (χ2n) is 6.02. The monoisotopic (exact) mass is 162 g/mol. The molecule has 0 aliphatic heterocycles. The third-order valence-electron chi connectivity index (χ3n) is 7.00. The van der Waals surface area contributed by atoms with Crippen molar-refractivity contribution in [1.29, 1.82) is 0 Å². The maximum Gasteiger partial charge on any atom is 0.0678 e. The van der Waals surface area contributed by atoms with Gasteiger partial charge < -0.3 is 10.2 Å². The SMILES string of the molecule is O[C@@H]1[C@@H]2[C@H]3[C@@H]4[C@@H]2[C@]25[C@@H]1[C@H]3[C@]42[C@H]5O. The van der Waals surface area contributed by atoms with E-state index in [4.69, 9.17) is 0 Å². The molecule has 0 aromatic carbocycles. The fourth-order valence-electron chi connectivity index (χ4n) is 7.40. The Morgan fingerprint density at radius 2 is 1.33 bits per heavy atom. The van der Waals surface area contributed by atoms with Gasteiger partial charge in [0.2, 0.25) is 0 Å². The van der Waals surface area contributed by atoms with Crippen molar-refractivity contribution in [3.8, 4) is 0 Å². The molecular formula is C10H10O2. The summed E-state index contributed by atoms with van der Waals surface area (Å²) in [5, 5.41) is 19.9. The molecule has 0 aromatic rings. The van der Waals surface area contributed by atoms with Crippen LogP contribution in [0.4, 0.5) is 0 Å². The number of hydrogen-bond donors (Lipinski definition) is 2. The zero-order valence-corrected chi connectivity index (χ0v) is 6.51. The van der Waals surface area contributed by atoms with E-state index in [1.54, 1.807) is 0 Å². The van der Waals surface area contributed by atoms with E-state index in [2.05, 4.69) is 0 Å². The third kappa shape index (κ3) is 0.141. The normalized spacial score (nSPS) is 104. The largest absolute Gasteiger partial charge is 0.392 e. The summed E-state index contributed by atoms with van der Waals surface area (Å²) in [6.07, 6.45) is 0.0161. The number of aliphatic hydroxyl groups is 2. The Labute approximate surface area is 69.6 Å². The molecular weight excluding hydrogens is 152 g/mol. The Balaban J connectivity index is 1.80. The molecule has 0 radical (unpaired) electrons. The van der Waals surface area contributed by atoms with Crippen molar-refractivity contribution in [1.82, 2.24) is 0 Å². The molecule has 7 fully saturated rings. The van der Waals surface area contributed by atoms with Crippen molar-refractivity contribution in [2.75, 3.05) is 0 Å². The lowest BCUT2D eigenvalue weighted by atomic mass is 9.20. The van der Waals surface area contributed by atoms with Crippen LogP contribution in [0.2, 0.25) is 0 Å². The van der Waals surface area contributed by atoms with Gasteiger partial charge >= 0.3 is 0 Å². The predicted molar refractivity (Wildman–Crippen MR) is 37.8 cm³/mol. The summed E-state index contributed by atoms with van der Waals surface area (Å²) in [5.41, 5.74) is 0.752. The average molecular weight is 162 g/mol. The standard InChI is InChI=1S/C10H10O2/c11-7-2-1-3-5(2)10-6(7)4(1)9(3,10)8(10)12/h1-8,11-12H/t1-,2+,3+,4-,5+,6+,7+,8+,9-,10+/m0/s1. The van der Waals surface area contributed by atoms with Crippen molar-refractivity contribution in [2.45, 2.75) is 12.2 Å². The Morgan fingerprint density at radius 3 is 1.92 bits per heavy atom. The smallest absolute Gasteiger partial charge is 0.0678 e. The van der Waals surface area contributed by atoms with Gasteiger partial charge in [-0.1, -0.05) is 0 Å². The fourth-order valence-corrected chi connectivity index (χ4v) is 7.40. The molecule has 10 atom stereocenters. The van der Waals surface area contributed by atoms with Crippen LogP contribution in [0, 0.1) is 46.3 Å². The highest BCUT2D eigenvalue weighted by Crippen LogP contribution is 3.15. The van der Waals surface area contributed by atoms with Gasteiger partial charge in [-0.25, -0.2) is 0 Å².